The lowest BCUT2D eigenvalue weighted by molar-refractivity contribution is -0.385. The van der Waals surface area contributed by atoms with Gasteiger partial charge in [-0.2, -0.15) is 0 Å². The number of non-ortho nitro benzene ring substituents is 1. The predicted octanol–water partition coefficient (Wildman–Crippen LogP) is 2.64. The Morgan fingerprint density at radius 3 is 2.50 bits per heavy atom. The molecule has 20 heavy (non-hydrogen) atoms. The van der Waals surface area contributed by atoms with Crippen LogP contribution in [-0.2, 0) is 0 Å². The van der Waals surface area contributed by atoms with Gasteiger partial charge >= 0.3 is 0 Å². The zero-order valence-electron chi connectivity index (χ0n) is 11.6. The highest BCUT2D eigenvalue weighted by Gasteiger charge is 2.21. The van der Waals surface area contributed by atoms with Gasteiger partial charge < -0.3 is 15.2 Å². The number of hydrogen-bond acceptors (Lipinski definition) is 5. The largest absolute Gasteiger partial charge is 0.493 e. The van der Waals surface area contributed by atoms with Crippen LogP contribution >= 0.6 is 0 Å². The topological polar surface area (TPSA) is 87.6 Å². The van der Waals surface area contributed by atoms with Crippen molar-refractivity contribution in [1.82, 2.24) is 0 Å². The van der Waals surface area contributed by atoms with Gasteiger partial charge in [-0.3, -0.25) is 10.1 Å². The highest BCUT2D eigenvalue weighted by atomic mass is 16.6. The summed E-state index contributed by atoms with van der Waals surface area (Å²) in [5.74, 6) is 0.951. The van der Waals surface area contributed by atoms with Gasteiger partial charge in [0, 0.05) is 12.1 Å². The van der Waals surface area contributed by atoms with Crippen molar-refractivity contribution < 1.29 is 14.4 Å². The van der Waals surface area contributed by atoms with Gasteiger partial charge in [0.2, 0.25) is 0 Å². The maximum atomic E-state index is 10.9. The van der Waals surface area contributed by atoms with E-state index in [-0.39, 0.29) is 17.8 Å². The van der Waals surface area contributed by atoms with Crippen LogP contribution in [0.15, 0.2) is 18.2 Å². The quantitative estimate of drug-likeness (QED) is 0.661. The van der Waals surface area contributed by atoms with Crippen LogP contribution in [0.3, 0.4) is 0 Å². The summed E-state index contributed by atoms with van der Waals surface area (Å²) in [6.45, 7) is 2.29. The molecule has 0 radical (unpaired) electrons. The van der Waals surface area contributed by atoms with Crippen LogP contribution in [0.5, 0.6) is 11.5 Å². The van der Waals surface area contributed by atoms with Crippen molar-refractivity contribution in [3.05, 3.63) is 28.3 Å². The Morgan fingerprint density at radius 2 is 1.90 bits per heavy atom. The van der Waals surface area contributed by atoms with E-state index >= 15 is 0 Å². The van der Waals surface area contributed by atoms with E-state index in [1.54, 1.807) is 6.07 Å². The molecule has 0 aliphatic heterocycles. The summed E-state index contributed by atoms with van der Waals surface area (Å²) in [4.78, 5) is 10.5. The minimum atomic E-state index is -0.438. The lowest BCUT2D eigenvalue weighted by atomic mass is 9.94. The molecule has 1 fully saturated rings. The van der Waals surface area contributed by atoms with Crippen LogP contribution in [0.25, 0.3) is 0 Å². The van der Waals surface area contributed by atoms with Crippen molar-refractivity contribution in [3.63, 3.8) is 0 Å². The van der Waals surface area contributed by atoms with Gasteiger partial charge in [-0.25, -0.2) is 0 Å². The zero-order valence-corrected chi connectivity index (χ0v) is 11.6. The molecule has 0 saturated heterocycles. The van der Waals surface area contributed by atoms with Crippen LogP contribution in [0, 0.1) is 10.1 Å². The Morgan fingerprint density at radius 1 is 1.25 bits per heavy atom. The number of nitro benzene ring substituents is 1. The summed E-state index contributed by atoms with van der Waals surface area (Å²) >= 11 is 0. The van der Waals surface area contributed by atoms with Gasteiger partial charge in [-0.1, -0.05) is 0 Å². The third kappa shape index (κ3) is 3.84. The fraction of sp³-hybridized carbons (Fsp3) is 0.571. The number of nitrogens with zero attached hydrogens (tertiary/aromatic N) is 1. The second kappa shape index (κ2) is 6.56. The minimum Gasteiger partial charge on any atom is -0.493 e. The molecule has 0 amide bonds. The van der Waals surface area contributed by atoms with Crippen LogP contribution in [0.2, 0.25) is 0 Å². The molecule has 0 aromatic heterocycles. The number of benzene rings is 1. The van der Waals surface area contributed by atoms with Gasteiger partial charge in [0.15, 0.2) is 0 Å². The van der Waals surface area contributed by atoms with Gasteiger partial charge in [0.25, 0.3) is 5.69 Å². The molecule has 6 heteroatoms. The maximum absolute atomic E-state index is 10.9. The van der Waals surface area contributed by atoms with E-state index in [9.17, 15) is 10.1 Å². The van der Waals surface area contributed by atoms with E-state index in [1.165, 1.54) is 12.1 Å². The molecule has 1 saturated carbocycles. The van der Waals surface area contributed by atoms with Crippen LogP contribution in [-0.4, -0.2) is 23.7 Å². The Hall–Kier alpha value is -1.82. The minimum absolute atomic E-state index is 0.0153. The van der Waals surface area contributed by atoms with E-state index in [0.717, 1.165) is 25.7 Å². The van der Waals surface area contributed by atoms with E-state index in [2.05, 4.69) is 0 Å². The molecule has 0 spiro atoms. The normalized spacial score (nSPS) is 22.3. The molecule has 2 N–H and O–H groups in total. The van der Waals surface area contributed by atoms with Gasteiger partial charge in [0.05, 0.1) is 29.8 Å². The number of ether oxygens (including phenoxy) is 2. The number of rotatable bonds is 5. The fourth-order valence-corrected chi connectivity index (χ4v) is 2.38. The molecule has 6 nitrogen and oxygen atoms in total. The summed E-state index contributed by atoms with van der Waals surface area (Å²) in [5, 5.41) is 10.9. The van der Waals surface area contributed by atoms with Crippen LogP contribution in [0.1, 0.15) is 32.6 Å². The first-order valence-electron chi connectivity index (χ1n) is 6.93. The summed E-state index contributed by atoms with van der Waals surface area (Å²) in [5.41, 5.74) is 5.84. The molecule has 1 aromatic carbocycles. The molecule has 110 valence electrons. The molecule has 1 aliphatic carbocycles. The standard InChI is InChI=1S/C14H20N2O4/c1-2-19-13-7-11(16(17)18)8-14(9-13)20-12-5-3-10(15)4-6-12/h7-10,12H,2-6,15H2,1H3. The first-order valence-corrected chi connectivity index (χ1v) is 6.93. The molecule has 0 heterocycles. The number of nitro groups is 1. The summed E-state index contributed by atoms with van der Waals surface area (Å²) < 4.78 is 11.2. The third-order valence-corrected chi connectivity index (χ3v) is 3.41. The molecular formula is C14H20N2O4. The Balaban J connectivity index is 2.11. The van der Waals surface area contributed by atoms with Crippen molar-refractivity contribution in [1.29, 1.82) is 0 Å². The van der Waals surface area contributed by atoms with E-state index in [1.807, 2.05) is 6.92 Å². The second-order valence-electron chi connectivity index (χ2n) is 5.01. The molecule has 0 unspecified atom stereocenters. The van der Waals surface area contributed by atoms with E-state index in [0.29, 0.717) is 18.1 Å². The monoisotopic (exact) mass is 280 g/mol. The molecule has 1 aliphatic rings. The highest BCUT2D eigenvalue weighted by Crippen LogP contribution is 2.30. The molecule has 1 aromatic rings. The average Bonchev–Trinajstić information content (AvgIpc) is 2.41. The fourth-order valence-electron chi connectivity index (χ4n) is 2.38. The first-order chi connectivity index (χ1) is 9.58. The Bertz CT molecular complexity index is 470. The van der Waals surface area contributed by atoms with Crippen molar-refractivity contribution in [2.75, 3.05) is 6.61 Å². The lowest BCUT2D eigenvalue weighted by Gasteiger charge is -2.26. The summed E-state index contributed by atoms with van der Waals surface area (Å²) in [7, 11) is 0. The SMILES string of the molecule is CCOc1cc(OC2CCC(N)CC2)cc([N+](=O)[O-])c1. The molecule has 0 bridgehead atoms. The van der Waals surface area contributed by atoms with Crippen molar-refractivity contribution in [2.45, 2.75) is 44.8 Å². The zero-order chi connectivity index (χ0) is 14.5. The molecular weight excluding hydrogens is 260 g/mol. The predicted molar refractivity (Wildman–Crippen MR) is 75.1 cm³/mol. The Kier molecular flexibility index (Phi) is 4.79. The van der Waals surface area contributed by atoms with E-state index < -0.39 is 4.92 Å². The summed E-state index contributed by atoms with van der Waals surface area (Å²) in [6, 6.07) is 4.80. The molecule has 0 atom stereocenters. The number of nitrogens with two attached hydrogens (primary N) is 1. The number of hydrogen-bond donors (Lipinski definition) is 1. The Labute approximate surface area is 118 Å². The van der Waals surface area contributed by atoms with Gasteiger partial charge in [0.1, 0.15) is 11.5 Å². The van der Waals surface area contributed by atoms with Gasteiger partial charge in [-0.15, -0.1) is 0 Å². The van der Waals surface area contributed by atoms with Crippen molar-refractivity contribution >= 4 is 5.69 Å². The van der Waals surface area contributed by atoms with Crippen LogP contribution in [0.4, 0.5) is 5.69 Å². The molecule has 2 rings (SSSR count). The third-order valence-electron chi connectivity index (χ3n) is 3.41. The average molecular weight is 280 g/mol. The smallest absolute Gasteiger partial charge is 0.276 e. The van der Waals surface area contributed by atoms with Crippen LogP contribution < -0.4 is 15.2 Å². The first kappa shape index (κ1) is 14.6. The summed E-state index contributed by atoms with van der Waals surface area (Å²) in [6.07, 6.45) is 3.70. The van der Waals surface area contributed by atoms with Gasteiger partial charge in [-0.05, 0) is 32.6 Å². The highest BCUT2D eigenvalue weighted by molar-refractivity contribution is 5.46. The van der Waals surface area contributed by atoms with Crippen molar-refractivity contribution in [2.24, 2.45) is 5.73 Å². The van der Waals surface area contributed by atoms with E-state index in [4.69, 9.17) is 15.2 Å². The van der Waals surface area contributed by atoms with Crippen molar-refractivity contribution in [3.8, 4) is 11.5 Å². The lowest BCUT2D eigenvalue weighted by Crippen LogP contribution is -2.31. The maximum Gasteiger partial charge on any atom is 0.276 e. The second-order valence-corrected chi connectivity index (χ2v) is 5.01.